The Morgan fingerprint density at radius 1 is 1.25 bits per heavy atom. The third-order valence-electron chi connectivity index (χ3n) is 4.00. The van der Waals surface area contributed by atoms with Gasteiger partial charge in [-0.1, -0.05) is 0 Å². The highest BCUT2D eigenvalue weighted by Crippen LogP contribution is 2.14. The standard InChI is InChI=1S/C15H24N4O4S/c1-17(2)24(21,22)19-10-8-18(9-11-19)12-15(20)16-13-4-6-14(23-3)7-5-13/h4-7H,8-12H2,1-3H3,(H,16,20)/p+1. The van der Waals surface area contributed by atoms with Gasteiger partial charge in [0.15, 0.2) is 6.54 Å². The van der Waals surface area contributed by atoms with Crippen molar-refractivity contribution in [3.05, 3.63) is 24.3 Å². The van der Waals surface area contributed by atoms with Crippen molar-refractivity contribution in [3.8, 4) is 5.75 Å². The van der Waals surface area contributed by atoms with Gasteiger partial charge in [-0.3, -0.25) is 4.79 Å². The van der Waals surface area contributed by atoms with Crippen molar-refractivity contribution in [2.24, 2.45) is 0 Å². The highest BCUT2D eigenvalue weighted by Gasteiger charge is 2.31. The zero-order valence-electron chi connectivity index (χ0n) is 14.3. The molecule has 0 aliphatic carbocycles. The molecule has 0 aromatic heterocycles. The van der Waals surface area contributed by atoms with E-state index in [9.17, 15) is 13.2 Å². The lowest BCUT2D eigenvalue weighted by atomic mass is 10.3. The van der Waals surface area contributed by atoms with Crippen LogP contribution in [0, 0.1) is 0 Å². The van der Waals surface area contributed by atoms with E-state index in [1.807, 2.05) is 0 Å². The van der Waals surface area contributed by atoms with E-state index < -0.39 is 10.2 Å². The lowest BCUT2D eigenvalue weighted by Crippen LogP contribution is -3.15. The van der Waals surface area contributed by atoms with Crippen LogP contribution in [0.5, 0.6) is 5.75 Å². The van der Waals surface area contributed by atoms with Gasteiger partial charge < -0.3 is 15.0 Å². The number of nitrogens with one attached hydrogen (secondary N) is 2. The average Bonchev–Trinajstić information content (AvgIpc) is 2.56. The first-order valence-electron chi connectivity index (χ1n) is 7.78. The third kappa shape index (κ3) is 4.67. The van der Waals surface area contributed by atoms with Gasteiger partial charge in [-0.2, -0.15) is 17.0 Å². The Kier molecular flexibility index (Phi) is 6.16. The minimum absolute atomic E-state index is 0.0842. The van der Waals surface area contributed by atoms with Crippen LogP contribution in [0.1, 0.15) is 0 Å². The van der Waals surface area contributed by atoms with Crippen molar-refractivity contribution in [1.82, 2.24) is 8.61 Å². The van der Waals surface area contributed by atoms with Crippen LogP contribution >= 0.6 is 0 Å². The number of carbonyl (C=O) groups is 1. The monoisotopic (exact) mass is 357 g/mol. The number of benzene rings is 1. The Morgan fingerprint density at radius 2 is 1.83 bits per heavy atom. The summed E-state index contributed by atoms with van der Waals surface area (Å²) in [7, 11) is 1.27. The zero-order chi connectivity index (χ0) is 17.7. The smallest absolute Gasteiger partial charge is 0.281 e. The number of rotatable bonds is 6. The van der Waals surface area contributed by atoms with Crippen molar-refractivity contribution in [1.29, 1.82) is 0 Å². The van der Waals surface area contributed by atoms with Crippen molar-refractivity contribution in [3.63, 3.8) is 0 Å². The molecule has 1 fully saturated rings. The highest BCUT2D eigenvalue weighted by atomic mass is 32.2. The molecule has 1 heterocycles. The molecule has 0 atom stereocenters. The van der Waals surface area contributed by atoms with E-state index in [-0.39, 0.29) is 5.91 Å². The van der Waals surface area contributed by atoms with Gasteiger partial charge in [-0.05, 0) is 24.3 Å². The van der Waals surface area contributed by atoms with Gasteiger partial charge in [-0.15, -0.1) is 0 Å². The molecule has 1 aromatic carbocycles. The Morgan fingerprint density at radius 3 is 2.33 bits per heavy atom. The molecule has 1 saturated heterocycles. The van der Waals surface area contributed by atoms with E-state index in [1.165, 1.54) is 22.7 Å². The zero-order valence-corrected chi connectivity index (χ0v) is 15.1. The maximum atomic E-state index is 12.1. The summed E-state index contributed by atoms with van der Waals surface area (Å²) in [4.78, 5) is 13.2. The van der Waals surface area contributed by atoms with Gasteiger partial charge in [0.25, 0.3) is 16.1 Å². The first-order chi connectivity index (χ1) is 11.3. The predicted molar refractivity (Wildman–Crippen MR) is 91.4 cm³/mol. The number of nitrogens with zero attached hydrogens (tertiary/aromatic N) is 2. The van der Waals surface area contributed by atoms with Crippen LogP contribution < -0.4 is 15.0 Å². The summed E-state index contributed by atoms with van der Waals surface area (Å²) in [6, 6.07) is 7.14. The van der Waals surface area contributed by atoms with E-state index in [0.717, 1.165) is 10.6 Å². The molecule has 24 heavy (non-hydrogen) atoms. The maximum Gasteiger partial charge on any atom is 0.281 e. The van der Waals surface area contributed by atoms with E-state index in [4.69, 9.17) is 4.74 Å². The summed E-state index contributed by atoms with van der Waals surface area (Å²) in [5.74, 6) is 0.649. The molecule has 1 amide bonds. The Hall–Kier alpha value is -1.68. The quantitative estimate of drug-likeness (QED) is 0.659. The van der Waals surface area contributed by atoms with Gasteiger partial charge in [0.2, 0.25) is 0 Å². The molecule has 134 valence electrons. The summed E-state index contributed by atoms with van der Waals surface area (Å²) in [6.07, 6.45) is 0. The second-order valence-corrected chi connectivity index (χ2v) is 8.04. The Balaban J connectivity index is 1.81. The molecular weight excluding hydrogens is 332 g/mol. The van der Waals surface area contributed by atoms with Crippen LogP contribution in [0.3, 0.4) is 0 Å². The largest absolute Gasteiger partial charge is 0.497 e. The second kappa shape index (κ2) is 7.93. The number of hydrogen-bond acceptors (Lipinski definition) is 4. The molecule has 1 aromatic rings. The molecule has 0 spiro atoms. The van der Waals surface area contributed by atoms with E-state index in [0.29, 0.717) is 38.4 Å². The molecule has 0 bridgehead atoms. The molecule has 2 rings (SSSR count). The van der Waals surface area contributed by atoms with Crippen LogP contribution in [0.4, 0.5) is 5.69 Å². The van der Waals surface area contributed by atoms with Gasteiger partial charge >= 0.3 is 0 Å². The molecular formula is C15H25N4O4S+. The summed E-state index contributed by atoms with van der Waals surface area (Å²) in [5.41, 5.74) is 0.717. The number of carbonyl (C=O) groups excluding carboxylic acids is 1. The summed E-state index contributed by atoms with van der Waals surface area (Å²) in [5, 5.41) is 2.84. The van der Waals surface area contributed by atoms with Crippen LogP contribution in [-0.2, 0) is 15.0 Å². The number of amides is 1. The minimum atomic E-state index is -3.37. The van der Waals surface area contributed by atoms with Crippen molar-refractivity contribution < 1.29 is 22.8 Å². The molecule has 2 N–H and O–H groups in total. The number of quaternary nitrogens is 1. The molecule has 0 unspecified atom stereocenters. The number of piperazine rings is 1. The first kappa shape index (κ1) is 18.7. The van der Waals surface area contributed by atoms with E-state index in [1.54, 1.807) is 31.4 Å². The van der Waals surface area contributed by atoms with Crippen LogP contribution in [-0.4, -0.2) is 76.9 Å². The number of anilines is 1. The Labute approximate surface area is 143 Å². The molecule has 1 aliphatic rings. The number of methoxy groups -OCH3 is 1. The molecule has 9 heteroatoms. The van der Waals surface area contributed by atoms with Crippen molar-refractivity contribution >= 4 is 21.8 Å². The lowest BCUT2D eigenvalue weighted by molar-refractivity contribution is -0.895. The van der Waals surface area contributed by atoms with Gasteiger partial charge in [0.05, 0.1) is 33.3 Å². The van der Waals surface area contributed by atoms with Crippen LogP contribution in [0.25, 0.3) is 0 Å². The van der Waals surface area contributed by atoms with E-state index in [2.05, 4.69) is 5.32 Å². The summed E-state index contributed by atoms with van der Waals surface area (Å²) in [6.45, 7) is 2.39. The van der Waals surface area contributed by atoms with Crippen molar-refractivity contribution in [2.75, 3.05) is 59.2 Å². The van der Waals surface area contributed by atoms with E-state index >= 15 is 0 Å². The summed E-state index contributed by atoms with van der Waals surface area (Å²) < 4.78 is 31.9. The number of hydrogen-bond donors (Lipinski definition) is 2. The van der Waals surface area contributed by atoms with Crippen LogP contribution in [0.2, 0.25) is 0 Å². The normalized spacial score (nSPS) is 17.0. The third-order valence-corrected chi connectivity index (χ3v) is 5.94. The Bertz CT molecular complexity index is 653. The topological polar surface area (TPSA) is 83.4 Å². The number of ether oxygens (including phenoxy) is 1. The summed E-state index contributed by atoms with van der Waals surface area (Å²) >= 11 is 0. The SMILES string of the molecule is COc1ccc(NC(=O)C[NH+]2CCN(S(=O)(=O)N(C)C)CC2)cc1. The maximum absolute atomic E-state index is 12.1. The molecule has 1 aliphatic heterocycles. The fraction of sp³-hybridized carbons (Fsp3) is 0.533. The molecule has 8 nitrogen and oxygen atoms in total. The molecule has 0 radical (unpaired) electrons. The van der Waals surface area contributed by atoms with Gasteiger partial charge in [-0.25, -0.2) is 0 Å². The van der Waals surface area contributed by atoms with Gasteiger partial charge in [0.1, 0.15) is 5.75 Å². The van der Waals surface area contributed by atoms with Crippen molar-refractivity contribution in [2.45, 2.75) is 0 Å². The first-order valence-corrected chi connectivity index (χ1v) is 9.17. The average molecular weight is 357 g/mol. The predicted octanol–water partition coefficient (Wildman–Crippen LogP) is -1.36. The minimum Gasteiger partial charge on any atom is -0.497 e. The highest BCUT2D eigenvalue weighted by molar-refractivity contribution is 7.86. The molecule has 0 saturated carbocycles. The fourth-order valence-electron chi connectivity index (χ4n) is 2.55. The lowest BCUT2D eigenvalue weighted by Gasteiger charge is -2.32. The fourth-order valence-corrected chi connectivity index (χ4v) is 3.65. The second-order valence-electron chi connectivity index (χ2n) is 5.89. The van der Waals surface area contributed by atoms with Crippen LogP contribution in [0.15, 0.2) is 24.3 Å². The van der Waals surface area contributed by atoms with Gasteiger partial charge in [0, 0.05) is 19.8 Å².